The van der Waals surface area contributed by atoms with Gasteiger partial charge in [0.15, 0.2) is 5.82 Å². The summed E-state index contributed by atoms with van der Waals surface area (Å²) in [6, 6.07) is 0.512. The Morgan fingerprint density at radius 2 is 2.50 bits per heavy atom. The number of rotatable bonds is 5. The average Bonchev–Trinajstić information content (AvgIpc) is 3.09. The summed E-state index contributed by atoms with van der Waals surface area (Å²) in [6.45, 7) is 5.57. The van der Waals surface area contributed by atoms with Crippen molar-refractivity contribution in [2.75, 3.05) is 13.1 Å². The summed E-state index contributed by atoms with van der Waals surface area (Å²) in [5.74, 6) is 1.41. The average molecular weight is 293 g/mol. The van der Waals surface area contributed by atoms with Crippen molar-refractivity contribution in [1.29, 1.82) is 0 Å². The zero-order chi connectivity index (χ0) is 13.8. The van der Waals surface area contributed by atoms with E-state index in [4.69, 9.17) is 4.52 Å². The Bertz CT molecular complexity index is 527. The molecule has 0 saturated carbocycles. The van der Waals surface area contributed by atoms with Crippen LogP contribution >= 0.6 is 11.3 Å². The van der Waals surface area contributed by atoms with E-state index in [0.29, 0.717) is 11.9 Å². The molecule has 2 aromatic rings. The van der Waals surface area contributed by atoms with E-state index in [1.165, 1.54) is 12.8 Å². The van der Waals surface area contributed by atoms with E-state index in [0.717, 1.165) is 37.7 Å². The van der Waals surface area contributed by atoms with Crippen LogP contribution in [-0.4, -0.2) is 39.2 Å². The van der Waals surface area contributed by atoms with Gasteiger partial charge in [-0.05, 0) is 19.4 Å². The van der Waals surface area contributed by atoms with Crippen molar-refractivity contribution in [2.45, 2.75) is 38.9 Å². The first-order valence-corrected chi connectivity index (χ1v) is 7.86. The van der Waals surface area contributed by atoms with Gasteiger partial charge in [-0.2, -0.15) is 4.98 Å². The highest BCUT2D eigenvalue weighted by Crippen LogP contribution is 2.13. The van der Waals surface area contributed by atoms with E-state index < -0.39 is 0 Å². The van der Waals surface area contributed by atoms with Gasteiger partial charge in [0, 0.05) is 31.4 Å². The molecule has 20 heavy (non-hydrogen) atoms. The standard InChI is InChI=1S/C13H19N5OS/c1-10-16-13(17-19-10)7-18-4-2-3-11(6-18)14-5-12-8-20-9-15-12/h8-9,11,14H,2-7H2,1H3/t11-/m0/s1. The normalized spacial score (nSPS) is 20.4. The van der Waals surface area contributed by atoms with Crippen LogP contribution < -0.4 is 5.32 Å². The van der Waals surface area contributed by atoms with Crippen LogP contribution in [0.15, 0.2) is 15.4 Å². The minimum absolute atomic E-state index is 0.512. The van der Waals surface area contributed by atoms with Crippen molar-refractivity contribution in [2.24, 2.45) is 0 Å². The van der Waals surface area contributed by atoms with Crippen LogP contribution in [0.25, 0.3) is 0 Å². The molecule has 3 rings (SSSR count). The van der Waals surface area contributed by atoms with Gasteiger partial charge in [0.25, 0.3) is 0 Å². The second-order valence-electron chi connectivity index (χ2n) is 5.16. The molecule has 2 aromatic heterocycles. The van der Waals surface area contributed by atoms with E-state index in [1.807, 2.05) is 12.4 Å². The Morgan fingerprint density at radius 3 is 3.25 bits per heavy atom. The van der Waals surface area contributed by atoms with Gasteiger partial charge in [-0.15, -0.1) is 11.3 Å². The molecule has 0 aliphatic carbocycles. The Hall–Kier alpha value is -1.31. The largest absolute Gasteiger partial charge is 0.340 e. The number of likely N-dealkylation sites (tertiary alicyclic amines) is 1. The Morgan fingerprint density at radius 1 is 1.55 bits per heavy atom. The van der Waals surface area contributed by atoms with Gasteiger partial charge in [-0.25, -0.2) is 4.98 Å². The van der Waals surface area contributed by atoms with E-state index in [9.17, 15) is 0 Å². The van der Waals surface area contributed by atoms with Gasteiger partial charge >= 0.3 is 0 Å². The molecule has 1 N–H and O–H groups in total. The number of nitrogens with one attached hydrogen (secondary N) is 1. The molecular formula is C13H19N5OS. The van der Waals surface area contributed by atoms with Crippen molar-refractivity contribution in [1.82, 2.24) is 25.3 Å². The van der Waals surface area contributed by atoms with Crippen LogP contribution in [0.1, 0.15) is 30.3 Å². The smallest absolute Gasteiger partial charge is 0.223 e. The van der Waals surface area contributed by atoms with Gasteiger partial charge in [0.05, 0.1) is 17.7 Å². The minimum Gasteiger partial charge on any atom is -0.340 e. The van der Waals surface area contributed by atoms with Crippen LogP contribution in [-0.2, 0) is 13.1 Å². The first-order valence-electron chi connectivity index (χ1n) is 6.91. The van der Waals surface area contributed by atoms with Crippen molar-refractivity contribution < 1.29 is 4.52 Å². The maximum Gasteiger partial charge on any atom is 0.223 e. The summed E-state index contributed by atoms with van der Waals surface area (Å²) in [5, 5.41) is 9.64. The molecule has 0 amide bonds. The predicted molar refractivity (Wildman–Crippen MR) is 76.3 cm³/mol. The third kappa shape index (κ3) is 3.62. The van der Waals surface area contributed by atoms with Crippen molar-refractivity contribution >= 4 is 11.3 Å². The van der Waals surface area contributed by atoms with Crippen molar-refractivity contribution in [3.8, 4) is 0 Å². The maximum absolute atomic E-state index is 5.02. The molecule has 0 radical (unpaired) electrons. The van der Waals surface area contributed by atoms with Crippen molar-refractivity contribution in [3.63, 3.8) is 0 Å². The molecule has 1 saturated heterocycles. The Kier molecular flexibility index (Phi) is 4.39. The van der Waals surface area contributed by atoms with Crippen molar-refractivity contribution in [3.05, 3.63) is 28.3 Å². The summed E-state index contributed by atoms with van der Waals surface area (Å²) in [6.07, 6.45) is 2.41. The van der Waals surface area contributed by atoms with Crippen LogP contribution in [0, 0.1) is 6.92 Å². The number of piperidine rings is 1. The molecule has 108 valence electrons. The second kappa shape index (κ2) is 6.43. The highest BCUT2D eigenvalue weighted by molar-refractivity contribution is 7.07. The SMILES string of the molecule is Cc1nc(CN2CCC[C@H](NCc3cscn3)C2)no1. The first kappa shape index (κ1) is 13.7. The number of hydrogen-bond acceptors (Lipinski definition) is 7. The van der Waals surface area contributed by atoms with Gasteiger partial charge in [-0.1, -0.05) is 5.16 Å². The number of hydrogen-bond donors (Lipinski definition) is 1. The van der Waals surface area contributed by atoms with E-state index in [-0.39, 0.29) is 0 Å². The van der Waals surface area contributed by atoms with Gasteiger partial charge < -0.3 is 9.84 Å². The van der Waals surface area contributed by atoms with Crippen LogP contribution in [0.3, 0.4) is 0 Å². The quantitative estimate of drug-likeness (QED) is 0.903. The molecule has 1 atom stereocenters. The second-order valence-corrected chi connectivity index (χ2v) is 5.88. The number of nitrogens with zero attached hydrogens (tertiary/aromatic N) is 4. The summed E-state index contributed by atoms with van der Waals surface area (Å²) in [4.78, 5) is 10.9. The van der Waals surface area contributed by atoms with Crippen LogP contribution in [0.5, 0.6) is 0 Å². The molecule has 0 unspecified atom stereocenters. The molecule has 7 heteroatoms. The number of aromatic nitrogens is 3. The fourth-order valence-electron chi connectivity index (χ4n) is 2.55. The summed E-state index contributed by atoms with van der Waals surface area (Å²) < 4.78 is 5.02. The Balaban J connectivity index is 1.48. The topological polar surface area (TPSA) is 67.1 Å². The molecule has 1 aliphatic heterocycles. The molecule has 6 nitrogen and oxygen atoms in total. The van der Waals surface area contributed by atoms with Gasteiger partial charge in [0.2, 0.25) is 5.89 Å². The lowest BCUT2D eigenvalue weighted by Gasteiger charge is -2.32. The fourth-order valence-corrected chi connectivity index (χ4v) is 3.10. The Labute approximate surface area is 122 Å². The molecule has 1 fully saturated rings. The van der Waals surface area contributed by atoms with E-state index >= 15 is 0 Å². The lowest BCUT2D eigenvalue weighted by Crippen LogP contribution is -2.45. The highest BCUT2D eigenvalue weighted by atomic mass is 32.1. The molecule has 0 spiro atoms. The van der Waals surface area contributed by atoms with Gasteiger partial charge in [-0.3, -0.25) is 4.90 Å². The van der Waals surface area contributed by atoms with Crippen LogP contribution in [0.4, 0.5) is 0 Å². The number of thiazole rings is 1. The summed E-state index contributed by atoms with van der Waals surface area (Å²) in [5.41, 5.74) is 3.00. The zero-order valence-corrected chi connectivity index (χ0v) is 12.4. The summed E-state index contributed by atoms with van der Waals surface area (Å²) >= 11 is 1.64. The molecule has 0 bridgehead atoms. The van der Waals surface area contributed by atoms with Crippen LogP contribution in [0.2, 0.25) is 0 Å². The molecule has 3 heterocycles. The number of aryl methyl sites for hydroxylation is 1. The third-order valence-corrected chi connectivity index (χ3v) is 4.13. The predicted octanol–water partition coefficient (Wildman–Crippen LogP) is 1.59. The summed E-state index contributed by atoms with van der Waals surface area (Å²) in [7, 11) is 0. The molecule has 1 aliphatic rings. The maximum atomic E-state index is 5.02. The van der Waals surface area contributed by atoms with E-state index in [2.05, 4.69) is 30.7 Å². The third-order valence-electron chi connectivity index (χ3n) is 3.50. The lowest BCUT2D eigenvalue weighted by atomic mass is 10.1. The zero-order valence-electron chi connectivity index (χ0n) is 11.6. The first-order chi connectivity index (χ1) is 9.79. The fraction of sp³-hybridized carbons (Fsp3) is 0.615. The lowest BCUT2D eigenvalue weighted by molar-refractivity contribution is 0.177. The van der Waals surface area contributed by atoms with E-state index in [1.54, 1.807) is 11.3 Å². The van der Waals surface area contributed by atoms with Gasteiger partial charge in [0.1, 0.15) is 0 Å². The monoisotopic (exact) mass is 293 g/mol. The molecular weight excluding hydrogens is 274 g/mol. The molecule has 0 aromatic carbocycles. The minimum atomic E-state index is 0.512. The highest BCUT2D eigenvalue weighted by Gasteiger charge is 2.21.